The molecule has 4 atom stereocenters. The van der Waals surface area contributed by atoms with E-state index in [0.29, 0.717) is 39.2 Å². The summed E-state index contributed by atoms with van der Waals surface area (Å²) in [5.41, 5.74) is 1.33. The highest BCUT2D eigenvalue weighted by Gasteiger charge is 2.55. The molecule has 0 unspecified atom stereocenters. The Bertz CT molecular complexity index is 1910. The first-order chi connectivity index (χ1) is 24.5. The maximum absolute atomic E-state index is 14.0. The molecule has 0 amide bonds. The summed E-state index contributed by atoms with van der Waals surface area (Å²) >= 11 is 18.1. The highest BCUT2D eigenvalue weighted by atomic mass is 35.5. The molecule has 4 rings (SSSR count). The van der Waals surface area contributed by atoms with E-state index in [1.807, 2.05) is 30.5 Å². The monoisotopic (exact) mass is 852 g/mol. The van der Waals surface area contributed by atoms with Crippen LogP contribution in [0.5, 0.6) is 11.5 Å². The van der Waals surface area contributed by atoms with Crippen LogP contribution in [0.25, 0.3) is 0 Å². The molecule has 1 aromatic heterocycles. The lowest BCUT2D eigenvalue weighted by molar-refractivity contribution is -0.0510. The van der Waals surface area contributed by atoms with Gasteiger partial charge < -0.3 is 22.8 Å². The van der Waals surface area contributed by atoms with Crippen LogP contribution >= 0.6 is 35.4 Å². The van der Waals surface area contributed by atoms with Crippen LogP contribution in [0.3, 0.4) is 0 Å². The Morgan fingerprint density at radius 3 is 1.89 bits per heavy atom. The Morgan fingerprint density at radius 1 is 0.778 bits per heavy atom. The largest absolute Gasteiger partial charge is 0.457 e. The lowest BCUT2D eigenvalue weighted by atomic mass is 10.1. The average molecular weight is 854 g/mol. The minimum absolute atomic E-state index is 0.00211. The molecule has 2 aromatic carbocycles. The van der Waals surface area contributed by atoms with Gasteiger partial charge in [-0.05, 0) is 84.2 Å². The summed E-state index contributed by atoms with van der Waals surface area (Å²) in [6.07, 6.45) is -0.0439. The van der Waals surface area contributed by atoms with Crippen molar-refractivity contribution in [3.05, 3.63) is 85.0 Å². The molecule has 0 radical (unpaired) electrons. The van der Waals surface area contributed by atoms with Crippen molar-refractivity contribution in [3.8, 4) is 11.5 Å². The normalized spacial score (nSPS) is 20.4. The zero-order valence-corrected chi connectivity index (χ0v) is 40.2. The quantitative estimate of drug-likeness (QED) is 0.143. The predicted molar refractivity (Wildman–Crippen MR) is 233 cm³/mol. The van der Waals surface area contributed by atoms with Gasteiger partial charge in [0, 0.05) is 24.2 Å². The molecular weight excluding hydrogens is 792 g/mol. The maximum atomic E-state index is 14.0. The first-order valence-corrected chi connectivity index (χ1v) is 28.6. The van der Waals surface area contributed by atoms with E-state index < -0.39 is 49.5 Å². The Morgan fingerprint density at radius 2 is 1.33 bits per heavy atom. The second kappa shape index (κ2) is 16.3. The summed E-state index contributed by atoms with van der Waals surface area (Å²) in [5.74, 6) is 1.20. The summed E-state index contributed by atoms with van der Waals surface area (Å²) in [4.78, 5) is 16.9. The second-order valence-corrected chi connectivity index (χ2v) is 34.7. The summed E-state index contributed by atoms with van der Waals surface area (Å²) in [6.45, 7) is 33.8. The van der Waals surface area contributed by atoms with Crippen LogP contribution in [0.2, 0.25) is 64.4 Å². The maximum Gasteiger partial charge on any atom is 0.328 e. The number of halogens is 2. The standard InChI is InChI=1S/C40H62Cl2N2O6SSi3/c1-38(2,3)52(10,11)46-25-32-33(49-53(12,13)39(4,5)6)34(50-54(14,15)40(7,8)9)36(48-32)44-24-27(35(51)43-37(44)45)21-26-17-16-18-28(22-26)47-29-19-20-30(41)31(42)23-29/h16-20,22-24,32-34,36H,21,25H2,1-15H3,(H,43,45,51)/t32-,33-,34-,36-/m1/s1. The third-order valence-electron chi connectivity index (χ3n) is 11.9. The molecule has 0 saturated carbocycles. The Balaban J connectivity index is 1.79. The van der Waals surface area contributed by atoms with Crippen molar-refractivity contribution in [2.45, 2.75) is 148 Å². The SMILES string of the molecule is CC(C)(C)[Si](C)(C)OC[C@H]1O[C@@H](n2cc(Cc3cccc(Oc4ccc(Cl)c(Cl)c4)c3)c(=S)[nH]c2=O)[C@H](O[Si](C)(C)C(C)(C)C)[C@@H]1O[Si](C)(C)C(C)(C)C. The summed E-state index contributed by atoms with van der Waals surface area (Å²) < 4.78 is 36.5. The number of ether oxygens (including phenoxy) is 2. The average Bonchev–Trinajstić information content (AvgIpc) is 3.33. The van der Waals surface area contributed by atoms with E-state index in [4.69, 9.17) is 58.2 Å². The zero-order chi connectivity index (χ0) is 40.8. The van der Waals surface area contributed by atoms with Crippen LogP contribution in [0.4, 0.5) is 0 Å². The molecule has 0 aliphatic carbocycles. The van der Waals surface area contributed by atoms with Gasteiger partial charge in [-0.3, -0.25) is 9.55 Å². The lowest BCUT2D eigenvalue weighted by Crippen LogP contribution is -2.54. The molecular formula is C40H62Cl2N2O6SSi3. The third kappa shape index (κ3) is 10.5. The molecule has 1 aliphatic heterocycles. The van der Waals surface area contributed by atoms with Crippen molar-refractivity contribution in [1.82, 2.24) is 9.55 Å². The van der Waals surface area contributed by atoms with E-state index in [0.717, 1.165) is 11.1 Å². The number of aromatic amines is 1. The van der Waals surface area contributed by atoms with Crippen LogP contribution in [0.1, 0.15) is 79.7 Å². The van der Waals surface area contributed by atoms with E-state index in [1.54, 1.807) is 22.8 Å². The molecule has 0 spiro atoms. The first kappa shape index (κ1) is 45.1. The van der Waals surface area contributed by atoms with Crippen LogP contribution in [-0.4, -0.2) is 59.4 Å². The molecule has 1 aliphatic rings. The third-order valence-corrected chi connectivity index (χ3v) is 26.5. The predicted octanol–water partition coefficient (Wildman–Crippen LogP) is 12.3. The molecule has 1 N–H and O–H groups in total. The molecule has 54 heavy (non-hydrogen) atoms. The number of H-pyrrole nitrogens is 1. The highest BCUT2D eigenvalue weighted by molar-refractivity contribution is 7.71. The Hall–Kier alpha value is -1.59. The Kier molecular flexibility index (Phi) is 13.7. The van der Waals surface area contributed by atoms with Crippen molar-refractivity contribution >= 4 is 60.4 Å². The first-order valence-electron chi connectivity index (χ1n) is 18.7. The van der Waals surface area contributed by atoms with Crippen molar-refractivity contribution in [2.24, 2.45) is 0 Å². The fourth-order valence-corrected chi connectivity index (χ4v) is 9.45. The summed E-state index contributed by atoms with van der Waals surface area (Å²) in [5, 5.41) is 0.693. The molecule has 8 nitrogen and oxygen atoms in total. The number of nitrogens with one attached hydrogen (secondary N) is 1. The van der Waals surface area contributed by atoms with Gasteiger partial charge in [0.15, 0.2) is 31.2 Å². The van der Waals surface area contributed by atoms with E-state index in [1.165, 1.54) is 0 Å². The van der Waals surface area contributed by atoms with E-state index in [9.17, 15) is 4.79 Å². The van der Waals surface area contributed by atoms with E-state index in [2.05, 4.69) is 107 Å². The number of aromatic nitrogens is 2. The molecule has 0 bridgehead atoms. The number of hydrogen-bond donors (Lipinski definition) is 1. The number of benzene rings is 2. The van der Waals surface area contributed by atoms with Crippen LogP contribution in [-0.2, 0) is 24.4 Å². The zero-order valence-electron chi connectivity index (χ0n) is 34.9. The highest BCUT2D eigenvalue weighted by Crippen LogP contribution is 2.46. The molecule has 2 heterocycles. The second-order valence-electron chi connectivity index (χ2n) is 19.1. The van der Waals surface area contributed by atoms with Gasteiger partial charge in [0.05, 0.1) is 16.7 Å². The minimum atomic E-state index is -2.43. The number of nitrogens with zero attached hydrogens (tertiary/aromatic N) is 1. The van der Waals surface area contributed by atoms with Gasteiger partial charge in [-0.1, -0.05) is 110 Å². The van der Waals surface area contributed by atoms with Gasteiger partial charge in [-0.25, -0.2) is 4.79 Å². The smallest absolute Gasteiger partial charge is 0.328 e. The van der Waals surface area contributed by atoms with Gasteiger partial charge in [0.25, 0.3) is 0 Å². The summed E-state index contributed by atoms with van der Waals surface area (Å²) in [7, 11) is -6.97. The molecule has 14 heteroatoms. The van der Waals surface area contributed by atoms with Crippen LogP contribution in [0.15, 0.2) is 53.5 Å². The van der Waals surface area contributed by atoms with Crippen molar-refractivity contribution in [3.63, 3.8) is 0 Å². The number of hydrogen-bond acceptors (Lipinski definition) is 7. The number of rotatable bonds is 12. The lowest BCUT2D eigenvalue weighted by Gasteiger charge is -2.44. The topological polar surface area (TPSA) is 83.9 Å². The van der Waals surface area contributed by atoms with E-state index >= 15 is 0 Å². The molecule has 300 valence electrons. The van der Waals surface area contributed by atoms with Gasteiger partial charge >= 0.3 is 5.69 Å². The van der Waals surface area contributed by atoms with Crippen molar-refractivity contribution in [2.75, 3.05) is 6.61 Å². The van der Waals surface area contributed by atoms with Gasteiger partial charge in [0.1, 0.15) is 34.5 Å². The van der Waals surface area contributed by atoms with Crippen molar-refractivity contribution < 1.29 is 22.8 Å². The van der Waals surface area contributed by atoms with Crippen LogP contribution < -0.4 is 10.4 Å². The Labute approximate surface area is 341 Å². The fourth-order valence-electron chi connectivity index (χ4n) is 5.33. The van der Waals surface area contributed by atoms with Crippen LogP contribution in [0, 0.1) is 4.64 Å². The van der Waals surface area contributed by atoms with Gasteiger partial charge in [-0.2, -0.15) is 0 Å². The molecule has 1 fully saturated rings. The fraction of sp³-hybridized carbons (Fsp3) is 0.600. The van der Waals surface area contributed by atoms with Gasteiger partial charge in [0.2, 0.25) is 0 Å². The van der Waals surface area contributed by atoms with Gasteiger partial charge in [-0.15, -0.1) is 0 Å². The minimum Gasteiger partial charge on any atom is -0.457 e. The van der Waals surface area contributed by atoms with E-state index in [-0.39, 0.29) is 20.8 Å². The summed E-state index contributed by atoms with van der Waals surface area (Å²) in [6, 6.07) is 12.9. The van der Waals surface area contributed by atoms with Crippen molar-refractivity contribution in [1.29, 1.82) is 0 Å². The molecule has 1 saturated heterocycles. The molecule has 3 aromatic rings.